The molecule has 2 aromatic rings. The Balaban J connectivity index is 1.66. The maximum absolute atomic E-state index is 12.9. The van der Waals surface area contributed by atoms with E-state index in [-0.39, 0.29) is 5.91 Å². The standard InChI is InChI=1S/C22H30N6OS/c1-16-7-12-28(13-8-16)30-20-14-19(27(3)17(20)2)22(29)26-15-18-6-4-10-24-21(18)25-11-5-9-23/h4-6,9-11,14,16H,7-8,12-13,15,23H2,1-3H3,(H,26,29)/b9-5-,25-11+. The molecule has 1 aliphatic rings. The molecule has 3 heterocycles. The molecule has 0 aliphatic carbocycles. The highest BCUT2D eigenvalue weighted by atomic mass is 32.2. The molecule has 0 radical (unpaired) electrons. The van der Waals surface area contributed by atoms with Crippen LogP contribution in [0.5, 0.6) is 0 Å². The van der Waals surface area contributed by atoms with Gasteiger partial charge in [0, 0.05) is 55.2 Å². The highest BCUT2D eigenvalue weighted by molar-refractivity contribution is 7.97. The van der Waals surface area contributed by atoms with Crippen molar-refractivity contribution in [2.24, 2.45) is 23.7 Å². The molecule has 0 unspecified atom stereocenters. The van der Waals surface area contributed by atoms with Crippen LogP contribution in [-0.2, 0) is 13.6 Å². The smallest absolute Gasteiger partial charge is 0.268 e. The molecule has 1 fully saturated rings. The fraction of sp³-hybridized carbons (Fsp3) is 0.409. The van der Waals surface area contributed by atoms with Gasteiger partial charge in [-0.25, -0.2) is 14.3 Å². The molecule has 160 valence electrons. The van der Waals surface area contributed by atoms with E-state index in [0.29, 0.717) is 18.1 Å². The van der Waals surface area contributed by atoms with Crippen LogP contribution in [0.25, 0.3) is 0 Å². The zero-order valence-corrected chi connectivity index (χ0v) is 18.7. The first kappa shape index (κ1) is 22.1. The minimum atomic E-state index is -0.111. The van der Waals surface area contributed by atoms with Crippen molar-refractivity contribution in [1.82, 2.24) is 19.2 Å². The number of amides is 1. The van der Waals surface area contributed by atoms with Gasteiger partial charge in [0.2, 0.25) is 0 Å². The van der Waals surface area contributed by atoms with Crippen LogP contribution in [0, 0.1) is 12.8 Å². The monoisotopic (exact) mass is 426 g/mol. The first-order chi connectivity index (χ1) is 14.5. The molecule has 0 bridgehead atoms. The molecule has 0 spiro atoms. The van der Waals surface area contributed by atoms with Crippen molar-refractivity contribution < 1.29 is 4.79 Å². The molecule has 3 rings (SSSR count). The molecule has 8 heteroatoms. The van der Waals surface area contributed by atoms with Crippen LogP contribution < -0.4 is 11.1 Å². The van der Waals surface area contributed by atoms with Gasteiger partial charge >= 0.3 is 0 Å². The molecule has 0 saturated carbocycles. The van der Waals surface area contributed by atoms with Crippen LogP contribution >= 0.6 is 11.9 Å². The summed E-state index contributed by atoms with van der Waals surface area (Å²) in [6, 6.07) is 5.73. The average Bonchev–Trinajstić information content (AvgIpc) is 3.03. The number of rotatable bonds is 7. The van der Waals surface area contributed by atoms with Crippen molar-refractivity contribution in [3.63, 3.8) is 0 Å². The van der Waals surface area contributed by atoms with E-state index >= 15 is 0 Å². The minimum absolute atomic E-state index is 0.111. The predicted molar refractivity (Wildman–Crippen MR) is 123 cm³/mol. The molecular formula is C22H30N6OS. The van der Waals surface area contributed by atoms with Crippen molar-refractivity contribution >= 4 is 29.9 Å². The Labute approximate surface area is 182 Å². The first-order valence-corrected chi connectivity index (χ1v) is 11.0. The van der Waals surface area contributed by atoms with Gasteiger partial charge in [-0.05, 0) is 62.0 Å². The molecule has 1 saturated heterocycles. The second-order valence-electron chi connectivity index (χ2n) is 7.57. The van der Waals surface area contributed by atoms with E-state index in [4.69, 9.17) is 5.73 Å². The lowest BCUT2D eigenvalue weighted by Crippen LogP contribution is -2.27. The number of allylic oxidation sites excluding steroid dienone is 1. The fourth-order valence-corrected chi connectivity index (χ4v) is 4.42. The zero-order chi connectivity index (χ0) is 21.5. The number of aromatic nitrogens is 2. The SMILES string of the molecule is Cc1c(SN2CCC(C)CC2)cc(C(=O)NCc2cccnc2/N=C/C=C\N)n1C. The van der Waals surface area contributed by atoms with E-state index in [1.807, 2.05) is 29.8 Å². The summed E-state index contributed by atoms with van der Waals surface area (Å²) in [4.78, 5) is 22.6. The van der Waals surface area contributed by atoms with E-state index in [0.717, 1.165) is 35.2 Å². The molecule has 2 aromatic heterocycles. The molecule has 0 aromatic carbocycles. The molecule has 0 atom stereocenters. The zero-order valence-electron chi connectivity index (χ0n) is 17.8. The highest BCUT2D eigenvalue weighted by Gasteiger charge is 2.21. The van der Waals surface area contributed by atoms with Gasteiger partial charge in [-0.1, -0.05) is 13.0 Å². The van der Waals surface area contributed by atoms with Crippen LogP contribution in [0.4, 0.5) is 5.82 Å². The van der Waals surface area contributed by atoms with Gasteiger partial charge in [0.1, 0.15) is 5.69 Å². The predicted octanol–water partition coefficient (Wildman–Crippen LogP) is 3.57. The number of piperidine rings is 1. The third-order valence-electron chi connectivity index (χ3n) is 5.39. The van der Waals surface area contributed by atoms with Crippen molar-refractivity contribution in [1.29, 1.82) is 0 Å². The first-order valence-electron chi connectivity index (χ1n) is 10.2. The average molecular weight is 427 g/mol. The van der Waals surface area contributed by atoms with E-state index in [9.17, 15) is 4.79 Å². The Morgan fingerprint density at radius 1 is 1.43 bits per heavy atom. The lowest BCUT2D eigenvalue weighted by Gasteiger charge is -2.28. The molecule has 1 aliphatic heterocycles. The largest absolute Gasteiger partial charge is 0.405 e. The van der Waals surface area contributed by atoms with Gasteiger partial charge in [0.25, 0.3) is 5.91 Å². The summed E-state index contributed by atoms with van der Waals surface area (Å²) in [5.41, 5.74) is 7.93. The molecule has 30 heavy (non-hydrogen) atoms. The number of nitrogens with zero attached hydrogens (tertiary/aromatic N) is 4. The van der Waals surface area contributed by atoms with Gasteiger partial charge in [0.15, 0.2) is 5.82 Å². The van der Waals surface area contributed by atoms with Crippen molar-refractivity contribution in [3.8, 4) is 0 Å². The lowest BCUT2D eigenvalue weighted by molar-refractivity contribution is 0.0942. The Hall–Kier alpha value is -2.58. The molecule has 3 N–H and O–H groups in total. The summed E-state index contributed by atoms with van der Waals surface area (Å²) in [5.74, 6) is 1.25. The van der Waals surface area contributed by atoms with Crippen molar-refractivity contribution in [2.75, 3.05) is 13.1 Å². The second-order valence-corrected chi connectivity index (χ2v) is 8.71. The summed E-state index contributed by atoms with van der Waals surface area (Å²) in [7, 11) is 1.94. The Bertz CT molecular complexity index is 928. The topological polar surface area (TPSA) is 88.5 Å². The molecule has 7 nitrogen and oxygen atoms in total. The second kappa shape index (κ2) is 10.4. The molecular weight excluding hydrogens is 396 g/mol. The quantitative estimate of drug-likeness (QED) is 0.522. The van der Waals surface area contributed by atoms with Gasteiger partial charge in [0.05, 0.1) is 0 Å². The molecule has 1 amide bonds. The number of hydrogen-bond acceptors (Lipinski definition) is 6. The van der Waals surface area contributed by atoms with Crippen LogP contribution in [0.2, 0.25) is 0 Å². The maximum Gasteiger partial charge on any atom is 0.268 e. The minimum Gasteiger partial charge on any atom is -0.405 e. The normalized spacial score (nSPS) is 16.0. The number of carbonyl (C=O) groups is 1. The number of nitrogens with one attached hydrogen (secondary N) is 1. The van der Waals surface area contributed by atoms with Gasteiger partial charge < -0.3 is 15.6 Å². The number of pyridine rings is 1. The number of aliphatic imine (C=N–C) groups is 1. The van der Waals surface area contributed by atoms with E-state index in [1.165, 1.54) is 19.0 Å². The summed E-state index contributed by atoms with van der Waals surface area (Å²) < 4.78 is 4.36. The Kier molecular flexibility index (Phi) is 7.70. The summed E-state index contributed by atoms with van der Waals surface area (Å²) in [5, 5.41) is 3.00. The summed E-state index contributed by atoms with van der Waals surface area (Å²) in [6.07, 6.45) is 8.75. The van der Waals surface area contributed by atoms with Crippen molar-refractivity contribution in [2.45, 2.75) is 38.1 Å². The van der Waals surface area contributed by atoms with Gasteiger partial charge in [-0.15, -0.1) is 0 Å². The highest BCUT2D eigenvalue weighted by Crippen LogP contribution is 2.32. The van der Waals surface area contributed by atoms with Crippen LogP contribution in [0.3, 0.4) is 0 Å². The summed E-state index contributed by atoms with van der Waals surface area (Å²) >= 11 is 1.76. The Morgan fingerprint density at radius 3 is 2.93 bits per heavy atom. The van der Waals surface area contributed by atoms with E-state index < -0.39 is 0 Å². The van der Waals surface area contributed by atoms with Crippen LogP contribution in [0.15, 0.2) is 46.6 Å². The number of carbonyl (C=O) groups excluding carboxylic acids is 1. The third-order valence-corrected chi connectivity index (χ3v) is 6.63. The Morgan fingerprint density at radius 2 is 2.20 bits per heavy atom. The lowest BCUT2D eigenvalue weighted by atomic mass is 10.0. The third kappa shape index (κ3) is 5.52. The van der Waals surface area contributed by atoms with Gasteiger partial charge in [-0.2, -0.15) is 0 Å². The number of hydrogen-bond donors (Lipinski definition) is 2. The fourth-order valence-electron chi connectivity index (χ4n) is 3.31. The number of nitrogens with two attached hydrogens (primary N) is 1. The van der Waals surface area contributed by atoms with Crippen molar-refractivity contribution in [3.05, 3.63) is 53.6 Å². The van der Waals surface area contributed by atoms with E-state index in [2.05, 4.69) is 33.4 Å². The maximum atomic E-state index is 12.9. The van der Waals surface area contributed by atoms with Gasteiger partial charge in [-0.3, -0.25) is 4.79 Å². The summed E-state index contributed by atoms with van der Waals surface area (Å²) in [6.45, 7) is 6.90. The van der Waals surface area contributed by atoms with Crippen LogP contribution in [-0.4, -0.2) is 39.1 Å². The van der Waals surface area contributed by atoms with Crippen LogP contribution in [0.1, 0.15) is 41.5 Å². The van der Waals surface area contributed by atoms with E-state index in [1.54, 1.807) is 30.4 Å².